The van der Waals surface area contributed by atoms with E-state index in [1.807, 2.05) is 37.2 Å². The van der Waals surface area contributed by atoms with Crippen LogP contribution in [0.5, 0.6) is 0 Å². The number of carbonyl (C=O) groups is 1. The third-order valence-electron chi connectivity index (χ3n) is 6.34. The van der Waals surface area contributed by atoms with E-state index in [1.54, 1.807) is 4.90 Å². The Hall–Kier alpha value is -1.40. The van der Waals surface area contributed by atoms with Gasteiger partial charge in [0.25, 0.3) is 0 Å². The van der Waals surface area contributed by atoms with Gasteiger partial charge in [-0.25, -0.2) is 8.42 Å². The van der Waals surface area contributed by atoms with Gasteiger partial charge < -0.3 is 9.80 Å². The maximum Gasteiger partial charge on any atom is 0.224 e. The summed E-state index contributed by atoms with van der Waals surface area (Å²) in [6.45, 7) is 1.68. The van der Waals surface area contributed by atoms with Gasteiger partial charge in [-0.1, -0.05) is 43.2 Å². The highest BCUT2D eigenvalue weighted by atomic mass is 32.2. The largest absolute Gasteiger partial charge is 0.340 e. The van der Waals surface area contributed by atoms with Crippen LogP contribution in [-0.4, -0.2) is 68.4 Å². The van der Waals surface area contributed by atoms with Crippen molar-refractivity contribution >= 4 is 15.7 Å². The van der Waals surface area contributed by atoms with Crippen molar-refractivity contribution in [3.8, 4) is 0 Å². The molecule has 1 aliphatic heterocycles. The predicted molar refractivity (Wildman–Crippen MR) is 108 cm³/mol. The third kappa shape index (κ3) is 4.37. The monoisotopic (exact) mass is 392 g/mol. The Morgan fingerprint density at radius 2 is 1.93 bits per heavy atom. The highest BCUT2D eigenvalue weighted by Crippen LogP contribution is 2.46. The van der Waals surface area contributed by atoms with Gasteiger partial charge in [0.1, 0.15) is 0 Å². The lowest BCUT2D eigenvalue weighted by atomic mass is 9.73. The molecule has 1 amide bonds. The number of hydrogen-bond acceptors (Lipinski definition) is 4. The Balaban J connectivity index is 1.88. The number of rotatable bonds is 5. The summed E-state index contributed by atoms with van der Waals surface area (Å²) in [7, 11) is 0.607. The van der Waals surface area contributed by atoms with Crippen LogP contribution < -0.4 is 0 Å². The molecule has 1 aromatic carbocycles. The number of amides is 1. The zero-order valence-corrected chi connectivity index (χ0v) is 17.4. The summed E-state index contributed by atoms with van der Waals surface area (Å²) in [5, 5.41) is 0. The number of carbonyl (C=O) groups excluding carboxylic acids is 1. The fourth-order valence-corrected chi connectivity index (χ4v) is 7.08. The molecular formula is C21H32N2O3S. The molecule has 2 atom stereocenters. The van der Waals surface area contributed by atoms with Gasteiger partial charge in [0.15, 0.2) is 9.84 Å². The molecule has 2 unspecified atom stereocenters. The SMILES string of the molecule is CN(C)CCN1CCS(=O)(=O)C2(CCCCC2Cc2ccccc2)CC1=O. The Kier molecular flexibility index (Phi) is 6.26. The minimum Gasteiger partial charge on any atom is -0.340 e. The standard InChI is InChI=1S/C21H32N2O3S/c1-22(2)12-13-23-14-15-27(25,26)21(17-20(23)24)11-7-6-10-19(21)16-18-8-4-3-5-9-18/h3-5,8-9,19H,6-7,10-17H2,1-2H3. The van der Waals surface area contributed by atoms with Crippen molar-refractivity contribution in [2.75, 3.05) is 39.5 Å². The molecule has 1 saturated heterocycles. The fraction of sp³-hybridized carbons (Fsp3) is 0.667. The lowest BCUT2D eigenvalue weighted by Gasteiger charge is -2.42. The summed E-state index contributed by atoms with van der Waals surface area (Å²) in [4.78, 5) is 16.8. The summed E-state index contributed by atoms with van der Waals surface area (Å²) in [5.74, 6) is 0.131. The van der Waals surface area contributed by atoms with E-state index in [2.05, 4.69) is 12.1 Å². The smallest absolute Gasteiger partial charge is 0.224 e. The summed E-state index contributed by atoms with van der Waals surface area (Å²) in [6, 6.07) is 10.1. The van der Waals surface area contributed by atoms with Crippen LogP contribution in [0.4, 0.5) is 0 Å². The van der Waals surface area contributed by atoms with E-state index >= 15 is 0 Å². The minimum absolute atomic E-state index is 0.0119. The summed E-state index contributed by atoms with van der Waals surface area (Å²) >= 11 is 0. The first-order valence-corrected chi connectivity index (χ1v) is 11.7. The average molecular weight is 393 g/mol. The summed E-state index contributed by atoms with van der Waals surface area (Å²) in [6.07, 6.45) is 4.35. The highest BCUT2D eigenvalue weighted by molar-refractivity contribution is 7.92. The Morgan fingerprint density at radius 1 is 1.19 bits per heavy atom. The van der Waals surface area contributed by atoms with Crippen LogP contribution >= 0.6 is 0 Å². The van der Waals surface area contributed by atoms with Crippen LogP contribution in [0, 0.1) is 5.92 Å². The van der Waals surface area contributed by atoms with E-state index in [0.717, 1.165) is 32.2 Å². The summed E-state index contributed by atoms with van der Waals surface area (Å²) < 4.78 is 26.0. The molecule has 5 nitrogen and oxygen atoms in total. The molecule has 1 aliphatic carbocycles. The van der Waals surface area contributed by atoms with E-state index in [1.165, 1.54) is 5.56 Å². The van der Waals surface area contributed by atoms with Crippen LogP contribution in [0.2, 0.25) is 0 Å². The first-order chi connectivity index (χ1) is 12.8. The maximum absolute atomic E-state index is 13.4. The van der Waals surface area contributed by atoms with Crippen LogP contribution in [0.3, 0.4) is 0 Å². The van der Waals surface area contributed by atoms with E-state index < -0.39 is 14.6 Å². The molecule has 150 valence electrons. The van der Waals surface area contributed by atoms with Crippen molar-refractivity contribution in [1.82, 2.24) is 9.80 Å². The number of nitrogens with zero attached hydrogens (tertiary/aromatic N) is 2. The molecule has 2 fully saturated rings. The molecule has 0 N–H and O–H groups in total. The first kappa shape index (κ1) is 20.3. The van der Waals surface area contributed by atoms with Crippen molar-refractivity contribution < 1.29 is 13.2 Å². The predicted octanol–water partition coefficient (Wildman–Crippen LogP) is 2.37. The highest BCUT2D eigenvalue weighted by Gasteiger charge is 2.53. The van der Waals surface area contributed by atoms with Crippen molar-refractivity contribution in [2.24, 2.45) is 5.92 Å². The fourth-order valence-electron chi connectivity index (χ4n) is 4.70. The van der Waals surface area contributed by atoms with Gasteiger partial charge in [-0.05, 0) is 44.8 Å². The van der Waals surface area contributed by atoms with Gasteiger partial charge in [-0.15, -0.1) is 0 Å². The molecule has 1 spiro atoms. The number of sulfone groups is 1. The molecule has 0 aromatic heterocycles. The molecule has 27 heavy (non-hydrogen) atoms. The van der Waals surface area contributed by atoms with E-state index in [4.69, 9.17) is 0 Å². The normalized spacial score (nSPS) is 28.5. The topological polar surface area (TPSA) is 57.7 Å². The number of likely N-dealkylation sites (N-methyl/N-ethyl adjacent to an activating group) is 1. The van der Waals surface area contributed by atoms with E-state index in [0.29, 0.717) is 19.5 Å². The zero-order valence-electron chi connectivity index (χ0n) is 16.6. The van der Waals surface area contributed by atoms with E-state index in [9.17, 15) is 13.2 Å². The van der Waals surface area contributed by atoms with Gasteiger partial charge in [-0.3, -0.25) is 4.79 Å². The molecule has 1 heterocycles. The molecular weight excluding hydrogens is 360 g/mol. The van der Waals surface area contributed by atoms with Gasteiger partial charge in [-0.2, -0.15) is 0 Å². The molecule has 1 saturated carbocycles. The average Bonchev–Trinajstić information content (AvgIpc) is 2.72. The summed E-state index contributed by atoms with van der Waals surface area (Å²) in [5.41, 5.74) is 1.17. The van der Waals surface area contributed by atoms with Crippen molar-refractivity contribution in [3.05, 3.63) is 35.9 Å². The Bertz CT molecular complexity index is 748. The van der Waals surface area contributed by atoms with Gasteiger partial charge >= 0.3 is 0 Å². The maximum atomic E-state index is 13.4. The molecule has 3 rings (SSSR count). The van der Waals surface area contributed by atoms with Crippen LogP contribution in [0.25, 0.3) is 0 Å². The zero-order chi connectivity index (χ0) is 19.5. The minimum atomic E-state index is -3.33. The number of benzene rings is 1. The second-order valence-corrected chi connectivity index (χ2v) is 10.8. The van der Waals surface area contributed by atoms with Gasteiger partial charge in [0.2, 0.25) is 5.91 Å². The van der Waals surface area contributed by atoms with Gasteiger partial charge in [0.05, 0.1) is 10.5 Å². The molecule has 1 aromatic rings. The molecule has 0 bridgehead atoms. The van der Waals surface area contributed by atoms with Crippen molar-refractivity contribution in [1.29, 1.82) is 0 Å². The number of hydrogen-bond donors (Lipinski definition) is 0. The Labute approximate surface area is 163 Å². The lowest BCUT2D eigenvalue weighted by molar-refractivity contribution is -0.132. The van der Waals surface area contributed by atoms with Crippen molar-refractivity contribution in [3.63, 3.8) is 0 Å². The third-order valence-corrected chi connectivity index (χ3v) is 8.98. The van der Waals surface area contributed by atoms with E-state index in [-0.39, 0.29) is 24.0 Å². The molecule has 0 radical (unpaired) electrons. The van der Waals surface area contributed by atoms with Crippen LogP contribution in [0.15, 0.2) is 30.3 Å². The first-order valence-electron chi connectivity index (χ1n) is 10.0. The van der Waals surface area contributed by atoms with Crippen LogP contribution in [0.1, 0.15) is 37.7 Å². The Morgan fingerprint density at radius 3 is 2.63 bits per heavy atom. The molecule has 2 aliphatic rings. The van der Waals surface area contributed by atoms with Crippen LogP contribution in [-0.2, 0) is 21.1 Å². The second kappa shape index (κ2) is 8.31. The second-order valence-electron chi connectivity index (χ2n) is 8.38. The lowest BCUT2D eigenvalue weighted by Crippen LogP contribution is -2.50. The quantitative estimate of drug-likeness (QED) is 0.772. The molecule has 6 heteroatoms. The van der Waals surface area contributed by atoms with Crippen molar-refractivity contribution in [2.45, 2.75) is 43.3 Å². The van der Waals surface area contributed by atoms with Gasteiger partial charge in [0, 0.05) is 26.1 Å².